The zero-order valence-corrected chi connectivity index (χ0v) is 11.3. The van der Waals surface area contributed by atoms with Crippen LogP contribution in [0.2, 0.25) is 0 Å². The molecule has 6 heteroatoms. The fourth-order valence-corrected chi connectivity index (χ4v) is 1.99. The Kier molecular flexibility index (Phi) is 4.43. The Labute approximate surface area is 117 Å². The van der Waals surface area contributed by atoms with E-state index in [1.165, 1.54) is 4.90 Å². The third-order valence-corrected chi connectivity index (χ3v) is 2.90. The minimum Gasteiger partial charge on any atom is -0.490 e. The van der Waals surface area contributed by atoms with Gasteiger partial charge in [0.15, 0.2) is 18.1 Å². The average Bonchev–Trinajstić information content (AvgIpc) is 2.47. The normalized spacial score (nSPS) is 13.4. The monoisotopic (exact) mass is 276 g/mol. The first kappa shape index (κ1) is 14.2. The first-order valence-electron chi connectivity index (χ1n) is 6.42. The van der Waals surface area contributed by atoms with Gasteiger partial charge in [0.25, 0.3) is 5.91 Å². The Balaban J connectivity index is 2.47. The Morgan fingerprint density at radius 1 is 1.55 bits per heavy atom. The van der Waals surface area contributed by atoms with Crippen molar-refractivity contribution in [3.8, 4) is 17.6 Å². The van der Waals surface area contributed by atoms with Crippen molar-refractivity contribution in [1.82, 2.24) is 0 Å². The molecule has 0 aromatic heterocycles. The van der Waals surface area contributed by atoms with Gasteiger partial charge in [-0.25, -0.2) is 0 Å². The van der Waals surface area contributed by atoms with E-state index in [1.807, 2.05) is 13.0 Å². The number of benzene rings is 1. The van der Waals surface area contributed by atoms with Crippen LogP contribution in [0.4, 0.5) is 5.69 Å². The first-order valence-corrected chi connectivity index (χ1v) is 6.42. The van der Waals surface area contributed by atoms with E-state index in [-0.39, 0.29) is 25.7 Å². The second-order valence-corrected chi connectivity index (χ2v) is 4.38. The summed E-state index contributed by atoms with van der Waals surface area (Å²) in [6, 6.07) is 5.29. The van der Waals surface area contributed by atoms with Crippen LogP contribution >= 0.6 is 0 Å². The van der Waals surface area contributed by atoms with E-state index in [1.54, 1.807) is 12.1 Å². The number of nitrogens with zero attached hydrogens (tertiary/aromatic N) is 2. The number of nitriles is 1. The zero-order valence-electron chi connectivity index (χ0n) is 11.3. The molecule has 1 aliphatic rings. The quantitative estimate of drug-likeness (QED) is 0.817. The third kappa shape index (κ3) is 2.68. The molecular formula is C14H16N2O4. The lowest BCUT2D eigenvalue weighted by molar-refractivity contribution is -0.121. The van der Waals surface area contributed by atoms with Crippen molar-refractivity contribution in [3.63, 3.8) is 0 Å². The van der Waals surface area contributed by atoms with E-state index in [9.17, 15) is 9.90 Å². The van der Waals surface area contributed by atoms with Crippen molar-refractivity contribution in [2.24, 2.45) is 0 Å². The van der Waals surface area contributed by atoms with Crippen LogP contribution in [-0.2, 0) is 11.4 Å². The molecule has 0 bridgehead atoms. The maximum absolute atomic E-state index is 11.8. The molecule has 1 aliphatic heterocycles. The number of ether oxygens (including phenoxy) is 2. The molecule has 0 fully saturated rings. The van der Waals surface area contributed by atoms with Crippen molar-refractivity contribution in [1.29, 1.82) is 5.26 Å². The summed E-state index contributed by atoms with van der Waals surface area (Å²) >= 11 is 0. The topological polar surface area (TPSA) is 82.8 Å². The number of amides is 1. The summed E-state index contributed by atoms with van der Waals surface area (Å²) < 4.78 is 11.0. The minimum absolute atomic E-state index is 0.0582. The highest BCUT2D eigenvalue weighted by Crippen LogP contribution is 2.41. The van der Waals surface area contributed by atoms with Crippen molar-refractivity contribution < 1.29 is 19.4 Å². The average molecular weight is 276 g/mol. The molecule has 106 valence electrons. The van der Waals surface area contributed by atoms with Crippen molar-refractivity contribution >= 4 is 11.6 Å². The molecule has 1 heterocycles. The first-order chi connectivity index (χ1) is 9.71. The second kappa shape index (κ2) is 6.26. The number of fused-ring (bicyclic) bond motifs is 1. The minimum atomic E-state index is -0.282. The van der Waals surface area contributed by atoms with Crippen LogP contribution in [0.15, 0.2) is 12.1 Å². The van der Waals surface area contributed by atoms with Gasteiger partial charge in [-0.3, -0.25) is 9.69 Å². The molecule has 0 radical (unpaired) electrons. The Hall–Kier alpha value is -2.26. The fourth-order valence-electron chi connectivity index (χ4n) is 1.99. The Morgan fingerprint density at radius 3 is 3.00 bits per heavy atom. The third-order valence-electron chi connectivity index (χ3n) is 2.90. The number of aliphatic hydroxyl groups excluding tert-OH is 1. The van der Waals surface area contributed by atoms with E-state index in [2.05, 4.69) is 0 Å². The molecule has 1 N–H and O–H groups in total. The predicted molar refractivity (Wildman–Crippen MR) is 71.6 cm³/mol. The summed E-state index contributed by atoms with van der Waals surface area (Å²) in [5, 5.41) is 18.1. The lowest BCUT2D eigenvalue weighted by Crippen LogP contribution is -2.39. The maximum atomic E-state index is 11.8. The van der Waals surface area contributed by atoms with Gasteiger partial charge in [-0.1, -0.05) is 6.92 Å². The standard InChI is InChI=1S/C14H16N2O4/c1-2-5-19-12-7-10(8-17)6-11-14(12)20-9-13(18)16(11)4-3-15/h6-7,17H,2,4-5,8-9H2,1H3. The van der Waals surface area contributed by atoms with Gasteiger partial charge < -0.3 is 14.6 Å². The molecule has 1 aromatic carbocycles. The highest BCUT2D eigenvalue weighted by Gasteiger charge is 2.28. The molecule has 0 saturated heterocycles. The fraction of sp³-hybridized carbons (Fsp3) is 0.429. The Bertz CT molecular complexity index is 551. The van der Waals surface area contributed by atoms with Crippen LogP contribution in [-0.4, -0.2) is 30.8 Å². The van der Waals surface area contributed by atoms with Crippen molar-refractivity contribution in [2.75, 3.05) is 24.7 Å². The van der Waals surface area contributed by atoms with Gasteiger partial charge in [-0.05, 0) is 24.1 Å². The molecular weight excluding hydrogens is 260 g/mol. The summed E-state index contributed by atoms with van der Waals surface area (Å²) in [6.07, 6.45) is 0.832. The van der Waals surface area contributed by atoms with Crippen LogP contribution in [0.1, 0.15) is 18.9 Å². The molecule has 1 aromatic rings. The molecule has 0 saturated carbocycles. The maximum Gasteiger partial charge on any atom is 0.265 e. The molecule has 0 spiro atoms. The largest absolute Gasteiger partial charge is 0.490 e. The lowest BCUT2D eigenvalue weighted by Gasteiger charge is -2.29. The summed E-state index contributed by atoms with van der Waals surface area (Å²) in [5.74, 6) is 0.657. The summed E-state index contributed by atoms with van der Waals surface area (Å²) in [5.41, 5.74) is 1.08. The van der Waals surface area contributed by atoms with Gasteiger partial charge in [0, 0.05) is 0 Å². The van der Waals surface area contributed by atoms with Crippen LogP contribution in [0.3, 0.4) is 0 Å². The van der Waals surface area contributed by atoms with Crippen molar-refractivity contribution in [3.05, 3.63) is 17.7 Å². The van der Waals surface area contributed by atoms with E-state index >= 15 is 0 Å². The molecule has 6 nitrogen and oxygen atoms in total. The van der Waals surface area contributed by atoms with Crippen LogP contribution in [0.25, 0.3) is 0 Å². The van der Waals surface area contributed by atoms with Gasteiger partial charge in [-0.2, -0.15) is 5.26 Å². The number of hydrogen-bond acceptors (Lipinski definition) is 5. The number of anilines is 1. The van der Waals surface area contributed by atoms with Crippen LogP contribution < -0.4 is 14.4 Å². The summed E-state index contributed by atoms with van der Waals surface area (Å²) in [7, 11) is 0. The summed E-state index contributed by atoms with van der Waals surface area (Å²) in [6.45, 7) is 2.14. The van der Waals surface area contributed by atoms with Gasteiger partial charge >= 0.3 is 0 Å². The van der Waals surface area contributed by atoms with E-state index in [4.69, 9.17) is 14.7 Å². The zero-order chi connectivity index (χ0) is 14.5. The highest BCUT2D eigenvalue weighted by atomic mass is 16.5. The molecule has 0 aliphatic carbocycles. The Morgan fingerprint density at radius 2 is 2.35 bits per heavy atom. The van der Waals surface area contributed by atoms with Crippen LogP contribution in [0, 0.1) is 11.3 Å². The highest BCUT2D eigenvalue weighted by molar-refractivity contribution is 5.99. The molecule has 1 amide bonds. The van der Waals surface area contributed by atoms with Gasteiger partial charge in [0.1, 0.15) is 6.54 Å². The van der Waals surface area contributed by atoms with E-state index < -0.39 is 0 Å². The SMILES string of the molecule is CCCOc1cc(CO)cc2c1OCC(=O)N2CC#N. The van der Waals surface area contributed by atoms with E-state index in [0.29, 0.717) is 29.4 Å². The lowest BCUT2D eigenvalue weighted by atomic mass is 10.1. The summed E-state index contributed by atoms with van der Waals surface area (Å²) in [4.78, 5) is 13.2. The smallest absolute Gasteiger partial charge is 0.265 e. The number of rotatable bonds is 5. The van der Waals surface area contributed by atoms with Crippen molar-refractivity contribution in [2.45, 2.75) is 20.0 Å². The number of aliphatic hydroxyl groups is 1. The number of carbonyl (C=O) groups is 1. The van der Waals surface area contributed by atoms with Gasteiger partial charge in [0.2, 0.25) is 0 Å². The predicted octanol–water partition coefficient (Wildman–Crippen LogP) is 1.22. The van der Waals surface area contributed by atoms with Gasteiger partial charge in [0.05, 0.1) is 25.0 Å². The van der Waals surface area contributed by atoms with E-state index in [0.717, 1.165) is 6.42 Å². The number of carbonyl (C=O) groups excluding carboxylic acids is 1. The molecule has 20 heavy (non-hydrogen) atoms. The molecule has 0 atom stereocenters. The molecule has 0 unspecified atom stereocenters. The van der Waals surface area contributed by atoms with Crippen LogP contribution in [0.5, 0.6) is 11.5 Å². The second-order valence-electron chi connectivity index (χ2n) is 4.38. The molecule has 2 rings (SSSR count). The number of hydrogen-bond donors (Lipinski definition) is 1. The van der Waals surface area contributed by atoms with Gasteiger partial charge in [-0.15, -0.1) is 0 Å².